The second kappa shape index (κ2) is 6.64. The van der Waals surface area contributed by atoms with Gasteiger partial charge in [0, 0.05) is 18.2 Å². The maximum absolute atomic E-state index is 13.4. The van der Waals surface area contributed by atoms with Crippen molar-refractivity contribution in [1.29, 1.82) is 0 Å². The van der Waals surface area contributed by atoms with Crippen molar-refractivity contribution in [1.82, 2.24) is 4.90 Å². The van der Waals surface area contributed by atoms with Crippen LogP contribution in [0.25, 0.3) is 0 Å². The quantitative estimate of drug-likeness (QED) is 0.916. The minimum atomic E-state index is -0.515. The molecule has 3 atom stereocenters. The van der Waals surface area contributed by atoms with Crippen LogP contribution in [0, 0.1) is 17.6 Å². The fourth-order valence-electron chi connectivity index (χ4n) is 3.34. The van der Waals surface area contributed by atoms with E-state index in [4.69, 9.17) is 5.73 Å². The molecule has 0 aromatic heterocycles. The van der Waals surface area contributed by atoms with Crippen LogP contribution in [-0.4, -0.2) is 24.5 Å². The highest BCUT2D eigenvalue weighted by Gasteiger charge is 2.30. The molecule has 2 rings (SSSR count). The molecule has 0 heterocycles. The summed E-state index contributed by atoms with van der Waals surface area (Å²) in [5, 5.41) is 0. The zero-order valence-corrected chi connectivity index (χ0v) is 12.3. The maximum Gasteiger partial charge on any atom is 0.126 e. The fraction of sp³-hybridized carbons (Fsp3) is 0.625. The van der Waals surface area contributed by atoms with Crippen molar-refractivity contribution >= 4 is 0 Å². The van der Waals surface area contributed by atoms with Gasteiger partial charge in [0.25, 0.3) is 0 Å². The summed E-state index contributed by atoms with van der Waals surface area (Å²) >= 11 is 0. The molecular weight excluding hydrogens is 258 g/mol. The van der Waals surface area contributed by atoms with Crippen LogP contribution in [-0.2, 0) is 0 Å². The van der Waals surface area contributed by atoms with E-state index in [1.54, 1.807) is 0 Å². The summed E-state index contributed by atoms with van der Waals surface area (Å²) in [6, 6.07) is 4.14. The maximum atomic E-state index is 13.4. The highest BCUT2D eigenvalue weighted by atomic mass is 19.1. The number of halogens is 2. The Hall–Kier alpha value is -1.00. The second-order valence-corrected chi connectivity index (χ2v) is 5.89. The second-order valence-electron chi connectivity index (χ2n) is 5.89. The largest absolute Gasteiger partial charge is 0.330 e. The van der Waals surface area contributed by atoms with E-state index in [0.29, 0.717) is 24.1 Å². The van der Waals surface area contributed by atoms with Crippen molar-refractivity contribution in [3.05, 3.63) is 35.4 Å². The molecule has 20 heavy (non-hydrogen) atoms. The van der Waals surface area contributed by atoms with Gasteiger partial charge in [-0.3, -0.25) is 4.90 Å². The molecule has 0 bridgehead atoms. The lowest BCUT2D eigenvalue weighted by Crippen LogP contribution is -2.44. The average molecular weight is 282 g/mol. The molecule has 1 aliphatic carbocycles. The van der Waals surface area contributed by atoms with E-state index < -0.39 is 11.6 Å². The lowest BCUT2D eigenvalue weighted by Gasteiger charge is -2.40. The standard InChI is InChI=1S/C16H24F2N2/c1-11(13-7-14(17)9-15(18)8-13)20(2)16-6-4-3-5-12(16)10-19/h7-9,11-12,16H,3-6,10,19H2,1-2H3. The number of nitrogens with two attached hydrogens (primary N) is 1. The molecule has 1 aliphatic rings. The van der Waals surface area contributed by atoms with Gasteiger partial charge in [0.15, 0.2) is 0 Å². The molecule has 1 aromatic carbocycles. The zero-order valence-electron chi connectivity index (χ0n) is 12.3. The van der Waals surface area contributed by atoms with Crippen LogP contribution in [0.4, 0.5) is 8.78 Å². The zero-order chi connectivity index (χ0) is 14.7. The van der Waals surface area contributed by atoms with Gasteiger partial charge < -0.3 is 5.73 Å². The molecule has 2 N–H and O–H groups in total. The first-order valence-corrected chi connectivity index (χ1v) is 7.41. The Labute approximate surface area is 120 Å². The molecule has 1 fully saturated rings. The van der Waals surface area contributed by atoms with Gasteiger partial charge in [0.1, 0.15) is 11.6 Å². The topological polar surface area (TPSA) is 29.3 Å². The lowest BCUT2D eigenvalue weighted by molar-refractivity contribution is 0.0986. The number of benzene rings is 1. The molecule has 1 saturated carbocycles. The Bertz CT molecular complexity index is 430. The normalized spacial score (nSPS) is 24.9. The summed E-state index contributed by atoms with van der Waals surface area (Å²) in [7, 11) is 2.03. The van der Waals surface area contributed by atoms with Crippen LogP contribution < -0.4 is 5.73 Å². The first kappa shape index (κ1) is 15.4. The highest BCUT2D eigenvalue weighted by molar-refractivity contribution is 5.21. The molecular formula is C16H24F2N2. The first-order valence-electron chi connectivity index (χ1n) is 7.41. The Morgan fingerprint density at radius 2 is 1.80 bits per heavy atom. The third kappa shape index (κ3) is 3.36. The molecule has 1 aromatic rings. The van der Waals surface area contributed by atoms with E-state index in [0.717, 1.165) is 18.9 Å². The summed E-state index contributed by atoms with van der Waals surface area (Å²) < 4.78 is 26.7. The molecule has 0 radical (unpaired) electrons. The average Bonchev–Trinajstić information content (AvgIpc) is 2.44. The van der Waals surface area contributed by atoms with E-state index in [1.807, 2.05) is 14.0 Å². The van der Waals surface area contributed by atoms with E-state index in [9.17, 15) is 8.78 Å². The van der Waals surface area contributed by atoms with Crippen molar-refractivity contribution in [2.45, 2.75) is 44.7 Å². The van der Waals surface area contributed by atoms with Crippen LogP contribution >= 0.6 is 0 Å². The van der Waals surface area contributed by atoms with Crippen molar-refractivity contribution in [2.75, 3.05) is 13.6 Å². The molecule has 0 aliphatic heterocycles. The number of nitrogens with zero attached hydrogens (tertiary/aromatic N) is 1. The minimum absolute atomic E-state index is 0.0163. The summed E-state index contributed by atoms with van der Waals surface area (Å²) in [5.41, 5.74) is 6.56. The van der Waals surface area contributed by atoms with Gasteiger partial charge in [-0.1, -0.05) is 12.8 Å². The van der Waals surface area contributed by atoms with E-state index in [1.165, 1.54) is 25.0 Å². The van der Waals surface area contributed by atoms with Crippen LogP contribution in [0.2, 0.25) is 0 Å². The summed E-state index contributed by atoms with van der Waals surface area (Å²) in [5.74, 6) is -0.548. The molecule has 0 saturated heterocycles. The number of hydrogen-bond donors (Lipinski definition) is 1. The van der Waals surface area contributed by atoms with Crippen molar-refractivity contribution < 1.29 is 8.78 Å². The minimum Gasteiger partial charge on any atom is -0.330 e. The van der Waals surface area contributed by atoms with Gasteiger partial charge in [-0.15, -0.1) is 0 Å². The first-order chi connectivity index (χ1) is 9.52. The van der Waals surface area contributed by atoms with Gasteiger partial charge in [-0.25, -0.2) is 8.78 Å². The smallest absolute Gasteiger partial charge is 0.126 e. The Kier molecular flexibility index (Phi) is 5.11. The Morgan fingerprint density at radius 3 is 2.40 bits per heavy atom. The predicted octanol–water partition coefficient (Wildman–Crippen LogP) is 3.48. The van der Waals surface area contributed by atoms with Crippen LogP contribution in [0.1, 0.15) is 44.2 Å². The van der Waals surface area contributed by atoms with E-state index in [-0.39, 0.29) is 6.04 Å². The molecule has 4 heteroatoms. The van der Waals surface area contributed by atoms with Crippen LogP contribution in [0.3, 0.4) is 0 Å². The van der Waals surface area contributed by atoms with Gasteiger partial charge in [-0.05, 0) is 57.0 Å². The van der Waals surface area contributed by atoms with Crippen molar-refractivity contribution in [3.63, 3.8) is 0 Å². The molecule has 112 valence electrons. The van der Waals surface area contributed by atoms with Crippen LogP contribution in [0.5, 0.6) is 0 Å². The van der Waals surface area contributed by atoms with E-state index in [2.05, 4.69) is 4.90 Å². The Balaban J connectivity index is 2.16. The summed E-state index contributed by atoms with van der Waals surface area (Å²) in [6.45, 7) is 2.68. The van der Waals surface area contributed by atoms with Crippen molar-refractivity contribution in [3.8, 4) is 0 Å². The van der Waals surface area contributed by atoms with Gasteiger partial charge in [-0.2, -0.15) is 0 Å². The monoisotopic (exact) mass is 282 g/mol. The van der Waals surface area contributed by atoms with Gasteiger partial charge in [0.2, 0.25) is 0 Å². The number of hydrogen-bond acceptors (Lipinski definition) is 2. The predicted molar refractivity (Wildman–Crippen MR) is 77.3 cm³/mol. The molecule has 0 amide bonds. The highest BCUT2D eigenvalue weighted by Crippen LogP contribution is 2.32. The van der Waals surface area contributed by atoms with Gasteiger partial charge in [0.05, 0.1) is 0 Å². The molecule has 3 unspecified atom stereocenters. The van der Waals surface area contributed by atoms with Crippen LogP contribution in [0.15, 0.2) is 18.2 Å². The van der Waals surface area contributed by atoms with Crippen molar-refractivity contribution in [2.24, 2.45) is 11.7 Å². The Morgan fingerprint density at radius 1 is 1.20 bits per heavy atom. The summed E-state index contributed by atoms with van der Waals surface area (Å²) in [6.07, 6.45) is 4.70. The third-order valence-electron chi connectivity index (χ3n) is 4.67. The molecule has 0 spiro atoms. The van der Waals surface area contributed by atoms with E-state index >= 15 is 0 Å². The fourth-order valence-corrected chi connectivity index (χ4v) is 3.34. The lowest BCUT2D eigenvalue weighted by atomic mass is 9.83. The number of rotatable bonds is 4. The summed E-state index contributed by atoms with van der Waals surface area (Å²) in [4.78, 5) is 2.23. The SMILES string of the molecule is CC(c1cc(F)cc(F)c1)N(C)C1CCCCC1CN. The van der Waals surface area contributed by atoms with Gasteiger partial charge >= 0.3 is 0 Å². The third-order valence-corrected chi connectivity index (χ3v) is 4.67. The molecule has 2 nitrogen and oxygen atoms in total.